The van der Waals surface area contributed by atoms with Crippen molar-refractivity contribution in [2.75, 3.05) is 0 Å². The summed E-state index contributed by atoms with van der Waals surface area (Å²) in [5.41, 5.74) is 1.14. The van der Waals surface area contributed by atoms with Gasteiger partial charge < -0.3 is 5.11 Å². The van der Waals surface area contributed by atoms with Crippen molar-refractivity contribution >= 4 is 23.4 Å². The number of aromatic hydroxyl groups is 1. The van der Waals surface area contributed by atoms with E-state index in [0.717, 1.165) is 20.4 Å². The summed E-state index contributed by atoms with van der Waals surface area (Å²) in [6.45, 7) is 6.44. The minimum atomic E-state index is -0.00645. The maximum absolute atomic E-state index is 9.68. The molecule has 0 unspecified atom stereocenters. The topological polar surface area (TPSA) is 20.2 Å². The van der Waals surface area contributed by atoms with Gasteiger partial charge in [0.25, 0.3) is 0 Å². The average molecular weight is 293 g/mol. The summed E-state index contributed by atoms with van der Waals surface area (Å²) in [6.07, 6.45) is 0. The number of phenols is 1. The standard InChI is InChI=1S/C16H17ClOS/c1-16(2,3)14-10-12(18)6-9-15(14)19-13-7-4-11(17)5-8-13/h4-10,18H,1-3H3. The highest BCUT2D eigenvalue weighted by molar-refractivity contribution is 7.99. The second-order valence-corrected chi connectivity index (χ2v) is 7.04. The van der Waals surface area contributed by atoms with Gasteiger partial charge in [0.1, 0.15) is 5.75 Å². The van der Waals surface area contributed by atoms with Gasteiger partial charge in [0, 0.05) is 14.8 Å². The summed E-state index contributed by atoms with van der Waals surface area (Å²) in [4.78, 5) is 2.30. The first-order valence-electron chi connectivity index (χ1n) is 6.13. The Balaban J connectivity index is 2.37. The molecule has 0 atom stereocenters. The van der Waals surface area contributed by atoms with Crippen LogP contribution < -0.4 is 0 Å². The molecule has 0 aliphatic carbocycles. The number of hydrogen-bond donors (Lipinski definition) is 1. The lowest BCUT2D eigenvalue weighted by molar-refractivity contribution is 0.469. The molecule has 0 saturated carbocycles. The van der Waals surface area contributed by atoms with Gasteiger partial charge in [0.2, 0.25) is 0 Å². The fourth-order valence-corrected chi connectivity index (χ4v) is 3.09. The highest BCUT2D eigenvalue weighted by Crippen LogP contribution is 2.38. The van der Waals surface area contributed by atoms with Crippen molar-refractivity contribution in [2.24, 2.45) is 0 Å². The quantitative estimate of drug-likeness (QED) is 0.789. The van der Waals surface area contributed by atoms with Gasteiger partial charge >= 0.3 is 0 Å². The van der Waals surface area contributed by atoms with Gasteiger partial charge in [-0.15, -0.1) is 0 Å². The molecule has 2 aromatic rings. The van der Waals surface area contributed by atoms with E-state index in [1.807, 2.05) is 36.4 Å². The van der Waals surface area contributed by atoms with E-state index in [2.05, 4.69) is 20.8 Å². The summed E-state index contributed by atoms with van der Waals surface area (Å²) in [7, 11) is 0. The number of halogens is 1. The molecule has 1 nitrogen and oxygen atoms in total. The fraction of sp³-hybridized carbons (Fsp3) is 0.250. The minimum absolute atomic E-state index is 0.00645. The second kappa shape index (κ2) is 5.48. The molecule has 3 heteroatoms. The Morgan fingerprint density at radius 1 is 1.00 bits per heavy atom. The molecule has 0 aliphatic heterocycles. The number of hydrogen-bond acceptors (Lipinski definition) is 2. The van der Waals surface area contributed by atoms with Crippen LogP contribution in [0.5, 0.6) is 5.75 Å². The van der Waals surface area contributed by atoms with Crippen LogP contribution in [0.3, 0.4) is 0 Å². The van der Waals surface area contributed by atoms with Crippen molar-refractivity contribution in [3.05, 3.63) is 53.1 Å². The maximum Gasteiger partial charge on any atom is 0.115 e. The lowest BCUT2D eigenvalue weighted by atomic mass is 9.87. The molecule has 0 radical (unpaired) electrons. The van der Waals surface area contributed by atoms with Crippen LogP contribution in [0.1, 0.15) is 26.3 Å². The average Bonchev–Trinajstić information content (AvgIpc) is 2.33. The third-order valence-electron chi connectivity index (χ3n) is 2.81. The van der Waals surface area contributed by atoms with E-state index in [1.54, 1.807) is 17.8 Å². The van der Waals surface area contributed by atoms with Crippen molar-refractivity contribution < 1.29 is 5.11 Å². The fourth-order valence-electron chi connectivity index (χ4n) is 1.82. The van der Waals surface area contributed by atoms with E-state index in [0.29, 0.717) is 5.75 Å². The molecular weight excluding hydrogens is 276 g/mol. The SMILES string of the molecule is CC(C)(C)c1cc(O)ccc1Sc1ccc(Cl)cc1. The molecule has 0 aromatic heterocycles. The van der Waals surface area contributed by atoms with Gasteiger partial charge in [0.15, 0.2) is 0 Å². The van der Waals surface area contributed by atoms with E-state index in [9.17, 15) is 5.11 Å². The first kappa shape index (κ1) is 14.3. The smallest absolute Gasteiger partial charge is 0.115 e. The van der Waals surface area contributed by atoms with E-state index < -0.39 is 0 Å². The molecule has 0 aliphatic rings. The molecule has 0 saturated heterocycles. The zero-order valence-corrected chi connectivity index (χ0v) is 12.8. The molecule has 2 aromatic carbocycles. The van der Waals surface area contributed by atoms with Crippen molar-refractivity contribution in [1.82, 2.24) is 0 Å². The summed E-state index contributed by atoms with van der Waals surface area (Å²) < 4.78 is 0. The zero-order chi connectivity index (χ0) is 14.0. The van der Waals surface area contributed by atoms with Crippen molar-refractivity contribution in [2.45, 2.75) is 36.0 Å². The molecule has 0 fully saturated rings. The summed E-state index contributed by atoms with van der Waals surface area (Å²) in [6, 6.07) is 13.3. The Kier molecular flexibility index (Phi) is 4.12. The first-order valence-corrected chi connectivity index (χ1v) is 7.32. The third kappa shape index (κ3) is 3.68. The van der Waals surface area contributed by atoms with Crippen molar-refractivity contribution in [3.8, 4) is 5.75 Å². The van der Waals surface area contributed by atoms with Crippen LogP contribution in [-0.4, -0.2) is 5.11 Å². The summed E-state index contributed by atoms with van der Waals surface area (Å²) in [5, 5.41) is 10.4. The predicted molar refractivity (Wildman–Crippen MR) is 82.4 cm³/mol. The van der Waals surface area contributed by atoms with Gasteiger partial charge in [-0.1, -0.05) is 44.1 Å². The molecule has 1 N–H and O–H groups in total. The molecular formula is C16H17ClOS. The summed E-state index contributed by atoms with van der Waals surface area (Å²) in [5.74, 6) is 0.311. The zero-order valence-electron chi connectivity index (χ0n) is 11.3. The Labute approximate surface area is 123 Å². The molecule has 100 valence electrons. The number of benzene rings is 2. The van der Waals surface area contributed by atoms with E-state index in [-0.39, 0.29) is 5.41 Å². The molecule has 0 heterocycles. The Bertz CT molecular complexity index is 570. The van der Waals surface area contributed by atoms with Crippen LogP contribution in [-0.2, 0) is 5.41 Å². The highest BCUT2D eigenvalue weighted by atomic mass is 35.5. The monoisotopic (exact) mass is 292 g/mol. The van der Waals surface area contributed by atoms with Crippen LogP contribution in [0.15, 0.2) is 52.3 Å². The first-order chi connectivity index (χ1) is 8.86. The lowest BCUT2D eigenvalue weighted by Crippen LogP contribution is -2.12. The molecule has 0 spiro atoms. The lowest BCUT2D eigenvalue weighted by Gasteiger charge is -2.22. The molecule has 0 bridgehead atoms. The van der Waals surface area contributed by atoms with Crippen molar-refractivity contribution in [3.63, 3.8) is 0 Å². The Hall–Kier alpha value is -1.12. The third-order valence-corrected chi connectivity index (χ3v) is 4.15. The molecule has 0 amide bonds. The van der Waals surface area contributed by atoms with Gasteiger partial charge in [-0.25, -0.2) is 0 Å². The van der Waals surface area contributed by atoms with Crippen LogP contribution in [0.2, 0.25) is 5.02 Å². The number of phenolic OH excluding ortho intramolecular Hbond substituents is 1. The predicted octanol–water partition coefficient (Wildman–Crippen LogP) is 5.49. The van der Waals surface area contributed by atoms with Gasteiger partial charge in [-0.05, 0) is 53.4 Å². The Morgan fingerprint density at radius 2 is 1.63 bits per heavy atom. The van der Waals surface area contributed by atoms with Gasteiger partial charge in [-0.2, -0.15) is 0 Å². The highest BCUT2D eigenvalue weighted by Gasteiger charge is 2.19. The maximum atomic E-state index is 9.68. The van der Waals surface area contributed by atoms with E-state index >= 15 is 0 Å². The van der Waals surface area contributed by atoms with E-state index in [4.69, 9.17) is 11.6 Å². The largest absolute Gasteiger partial charge is 0.508 e. The van der Waals surface area contributed by atoms with Crippen LogP contribution >= 0.6 is 23.4 Å². The second-order valence-electron chi connectivity index (χ2n) is 5.49. The van der Waals surface area contributed by atoms with Gasteiger partial charge in [0.05, 0.1) is 0 Å². The normalized spacial score (nSPS) is 11.6. The van der Waals surface area contributed by atoms with Crippen LogP contribution in [0.25, 0.3) is 0 Å². The Morgan fingerprint density at radius 3 is 2.21 bits per heavy atom. The van der Waals surface area contributed by atoms with E-state index in [1.165, 1.54) is 0 Å². The molecule has 19 heavy (non-hydrogen) atoms. The van der Waals surface area contributed by atoms with Crippen LogP contribution in [0, 0.1) is 0 Å². The number of rotatable bonds is 2. The van der Waals surface area contributed by atoms with Crippen molar-refractivity contribution in [1.29, 1.82) is 0 Å². The minimum Gasteiger partial charge on any atom is -0.508 e. The van der Waals surface area contributed by atoms with Gasteiger partial charge in [-0.3, -0.25) is 0 Å². The van der Waals surface area contributed by atoms with Crippen LogP contribution in [0.4, 0.5) is 0 Å². The summed E-state index contributed by atoms with van der Waals surface area (Å²) >= 11 is 7.59. The molecule has 2 rings (SSSR count).